The average molecular weight is 596 g/mol. The van der Waals surface area contributed by atoms with E-state index in [1.165, 1.54) is 11.0 Å². The summed E-state index contributed by atoms with van der Waals surface area (Å²) in [5, 5.41) is 2.60. The van der Waals surface area contributed by atoms with Crippen LogP contribution in [-0.2, 0) is 21.2 Å². The van der Waals surface area contributed by atoms with Gasteiger partial charge in [0.05, 0.1) is 12.0 Å². The Morgan fingerprint density at radius 1 is 1.02 bits per heavy atom. The summed E-state index contributed by atoms with van der Waals surface area (Å²) < 4.78 is 33.8. The molecule has 3 aromatic carbocycles. The zero-order valence-corrected chi connectivity index (χ0v) is 26.0. The van der Waals surface area contributed by atoms with Gasteiger partial charge in [0.25, 0.3) is 10.0 Å². The zero-order valence-electron chi connectivity index (χ0n) is 25.2. The van der Waals surface area contributed by atoms with Gasteiger partial charge in [-0.3, -0.25) is 4.79 Å². The molecule has 0 aliphatic heterocycles. The lowest BCUT2D eigenvalue weighted by molar-refractivity contribution is -0.120. The number of nitrogens with zero attached hydrogens (tertiary/aromatic N) is 1. The van der Waals surface area contributed by atoms with E-state index >= 15 is 0 Å². The van der Waals surface area contributed by atoms with Crippen molar-refractivity contribution in [2.24, 2.45) is 0 Å². The molecule has 0 fully saturated rings. The van der Waals surface area contributed by atoms with E-state index in [0.717, 1.165) is 11.1 Å². The lowest BCUT2D eigenvalue weighted by Crippen LogP contribution is -2.53. The van der Waals surface area contributed by atoms with Gasteiger partial charge in [-0.2, -0.15) is 0 Å². The first-order valence-electron chi connectivity index (χ1n) is 13.9. The molecule has 0 spiro atoms. The van der Waals surface area contributed by atoms with E-state index in [2.05, 4.69) is 16.6 Å². The van der Waals surface area contributed by atoms with Gasteiger partial charge < -0.3 is 15.0 Å². The average Bonchev–Trinajstić information content (AvgIpc) is 3.00. The van der Waals surface area contributed by atoms with Gasteiger partial charge in [-0.15, -0.1) is 0 Å². The first kappa shape index (κ1) is 33.8. The van der Waals surface area contributed by atoms with Crippen molar-refractivity contribution in [1.29, 1.82) is 0 Å². The van der Waals surface area contributed by atoms with Gasteiger partial charge in [-0.05, 0) is 73.4 Å². The third-order valence-electron chi connectivity index (χ3n) is 6.50. The number of ether oxygens (including phenoxy) is 1. The second-order valence-electron chi connectivity index (χ2n) is 8.98. The van der Waals surface area contributed by atoms with Gasteiger partial charge in [0.1, 0.15) is 11.8 Å². The number of hydrogen-bond donors (Lipinski definition) is 2. The van der Waals surface area contributed by atoms with Crippen LogP contribution in [0.2, 0.25) is 0 Å². The van der Waals surface area contributed by atoms with Crippen molar-refractivity contribution in [3.63, 3.8) is 0 Å². The topological polar surface area (TPSA) is 105 Å². The number of likely N-dealkylation sites (N-methyl/N-ethyl adjacent to an activating group) is 1. The number of methoxy groups -OCH3 is 1. The molecule has 3 aromatic rings. The quantitative estimate of drug-likeness (QED) is 0.238. The molecule has 1 atom stereocenters. The van der Waals surface area contributed by atoms with Crippen LogP contribution in [-0.4, -0.2) is 40.1 Å². The highest BCUT2D eigenvalue weighted by molar-refractivity contribution is 7.90. The molecule has 0 radical (unpaired) electrons. The van der Waals surface area contributed by atoms with Crippen LogP contribution >= 0.6 is 0 Å². The largest absolute Gasteiger partial charge is 0.497 e. The third-order valence-corrected chi connectivity index (χ3v) is 7.97. The van der Waals surface area contributed by atoms with Crippen LogP contribution in [0.15, 0.2) is 96.4 Å². The SMILES string of the molecule is C=C/C(=C\C)c1cccc(S(=O)(=O)NC(=O)N[C@@H](Cc2ccccc2)C(=O)N(CC)c2ccc(OC)cc2)c1C.CC.[HH].[HH]. The molecule has 0 saturated heterocycles. The van der Waals surface area contributed by atoms with E-state index in [1.807, 2.05) is 64.1 Å². The Labute approximate surface area is 253 Å². The number of anilines is 1. The molecule has 3 amide bonds. The maximum atomic E-state index is 13.7. The second-order valence-corrected chi connectivity index (χ2v) is 10.6. The van der Waals surface area contributed by atoms with E-state index < -0.39 is 22.1 Å². The van der Waals surface area contributed by atoms with E-state index in [-0.39, 0.29) is 20.1 Å². The van der Waals surface area contributed by atoms with Crippen LogP contribution in [0.5, 0.6) is 5.75 Å². The molecule has 0 heterocycles. The number of amides is 3. The van der Waals surface area contributed by atoms with Crippen molar-refractivity contribution in [2.75, 3.05) is 18.6 Å². The Kier molecular flexibility index (Phi) is 13.0. The number of carbonyl (C=O) groups excluding carboxylic acids is 2. The first-order chi connectivity index (χ1) is 20.1. The van der Waals surface area contributed by atoms with Gasteiger partial charge in [0.2, 0.25) is 5.91 Å². The summed E-state index contributed by atoms with van der Waals surface area (Å²) in [5.74, 6) is 0.260. The molecule has 228 valence electrons. The molecule has 0 aliphatic carbocycles. The fourth-order valence-electron chi connectivity index (χ4n) is 4.43. The van der Waals surface area contributed by atoms with Gasteiger partial charge in [-0.1, -0.05) is 75.0 Å². The summed E-state index contributed by atoms with van der Waals surface area (Å²) in [5.41, 5.74) is 3.36. The minimum absolute atomic E-state index is 0. The molecule has 0 aromatic heterocycles. The number of hydrogen-bond acceptors (Lipinski definition) is 5. The van der Waals surface area contributed by atoms with Crippen LogP contribution in [0.1, 0.15) is 47.2 Å². The van der Waals surface area contributed by atoms with Crippen LogP contribution < -0.4 is 19.7 Å². The lowest BCUT2D eigenvalue weighted by Gasteiger charge is -2.27. The van der Waals surface area contributed by atoms with Crippen LogP contribution in [0.25, 0.3) is 5.57 Å². The van der Waals surface area contributed by atoms with Gasteiger partial charge >= 0.3 is 6.03 Å². The Balaban J connectivity index is 0.00000453. The second kappa shape index (κ2) is 16.2. The Morgan fingerprint density at radius 3 is 2.21 bits per heavy atom. The molecular formula is C33H45N3O5S. The van der Waals surface area contributed by atoms with E-state index in [0.29, 0.717) is 29.1 Å². The molecule has 42 heavy (non-hydrogen) atoms. The molecule has 0 saturated carbocycles. The van der Waals surface area contributed by atoms with Crippen molar-refractivity contribution in [2.45, 2.75) is 52.0 Å². The number of sulfonamides is 1. The highest BCUT2D eigenvalue weighted by Crippen LogP contribution is 2.26. The summed E-state index contributed by atoms with van der Waals surface area (Å²) >= 11 is 0. The molecule has 8 nitrogen and oxygen atoms in total. The predicted molar refractivity (Wildman–Crippen MR) is 174 cm³/mol. The fourth-order valence-corrected chi connectivity index (χ4v) is 5.62. The smallest absolute Gasteiger partial charge is 0.329 e. The number of urea groups is 1. The van der Waals surface area contributed by atoms with Crippen molar-refractivity contribution in [1.82, 2.24) is 10.0 Å². The minimum Gasteiger partial charge on any atom is -0.497 e. The Bertz CT molecular complexity index is 1500. The Hall–Kier alpha value is -4.37. The van der Waals surface area contributed by atoms with Crippen LogP contribution in [0.4, 0.5) is 10.5 Å². The molecule has 0 bridgehead atoms. The van der Waals surface area contributed by atoms with Crippen molar-refractivity contribution >= 4 is 33.2 Å². The summed E-state index contributed by atoms with van der Waals surface area (Å²) in [7, 11) is -2.70. The zero-order chi connectivity index (χ0) is 31.3. The third kappa shape index (κ3) is 8.57. The van der Waals surface area contributed by atoms with Crippen molar-refractivity contribution < 1.29 is 25.6 Å². The number of nitrogens with one attached hydrogen (secondary N) is 2. The maximum absolute atomic E-state index is 13.7. The number of rotatable bonds is 11. The van der Waals surface area contributed by atoms with E-state index in [1.54, 1.807) is 56.5 Å². The van der Waals surface area contributed by atoms with E-state index in [9.17, 15) is 18.0 Å². The first-order valence-corrected chi connectivity index (χ1v) is 15.3. The van der Waals surface area contributed by atoms with Gasteiger partial charge in [0.15, 0.2) is 0 Å². The van der Waals surface area contributed by atoms with Gasteiger partial charge in [0, 0.05) is 21.5 Å². The summed E-state index contributed by atoms with van der Waals surface area (Å²) in [6.07, 6.45) is 3.63. The lowest BCUT2D eigenvalue weighted by atomic mass is 10.0. The maximum Gasteiger partial charge on any atom is 0.329 e. The van der Waals surface area contributed by atoms with Crippen LogP contribution in [0, 0.1) is 6.92 Å². The Morgan fingerprint density at radius 2 is 1.67 bits per heavy atom. The fraction of sp³-hybridized carbons (Fsp3) is 0.273. The highest BCUT2D eigenvalue weighted by Gasteiger charge is 2.29. The summed E-state index contributed by atoms with van der Waals surface area (Å²) in [6.45, 7) is 13.4. The normalized spacial score (nSPS) is 11.8. The number of carbonyl (C=O) groups is 2. The van der Waals surface area contributed by atoms with Crippen molar-refractivity contribution in [3.05, 3.63) is 108 Å². The number of benzene rings is 3. The van der Waals surface area contributed by atoms with Gasteiger partial charge in [-0.25, -0.2) is 17.9 Å². The number of allylic oxidation sites excluding steroid dienone is 3. The molecule has 9 heteroatoms. The van der Waals surface area contributed by atoms with Crippen LogP contribution in [0.3, 0.4) is 0 Å². The minimum atomic E-state index is -4.25. The molecule has 0 unspecified atom stereocenters. The molecule has 3 rings (SSSR count). The summed E-state index contributed by atoms with van der Waals surface area (Å²) in [4.78, 5) is 28.3. The summed E-state index contributed by atoms with van der Waals surface area (Å²) in [6, 6.07) is 19.0. The molecule has 2 N–H and O–H groups in total. The standard InChI is InChI=1S/C31H35N3O5S.C2H6.2H2/c1-6-24(7-2)27-15-12-16-29(22(27)4)40(37,38)33-31(36)32-28(21-23-13-10-9-11-14-23)30(35)34(8-3)25-17-19-26(39-5)20-18-25;1-2;;/h6-7,9-20,28H,1,8,21H2,2-5H3,(H2,32,33,36);1-2H3;2*1H/b24-7+;;;/t28-;;;/m0.../s1. The monoisotopic (exact) mass is 595 g/mol. The molecular weight excluding hydrogens is 550 g/mol. The predicted octanol–water partition coefficient (Wildman–Crippen LogP) is 6.76. The molecule has 0 aliphatic rings. The van der Waals surface area contributed by atoms with E-state index in [4.69, 9.17) is 4.74 Å². The van der Waals surface area contributed by atoms with Crippen molar-refractivity contribution in [3.8, 4) is 5.75 Å². The highest BCUT2D eigenvalue weighted by atomic mass is 32.2.